The highest BCUT2D eigenvalue weighted by Gasteiger charge is 2.21. The monoisotopic (exact) mass is 414 g/mol. The quantitative estimate of drug-likeness (QED) is 0.609. The number of nitrogens with zero attached hydrogens (tertiary/aromatic N) is 6. The molecule has 0 radical (unpaired) electrons. The molecular formula is C23H22N6O2. The van der Waals surface area contributed by atoms with E-state index >= 15 is 0 Å². The molecular weight excluding hydrogens is 392 g/mol. The number of amides is 1. The number of fused-ring (bicyclic) bond motifs is 1. The summed E-state index contributed by atoms with van der Waals surface area (Å²) in [4.78, 5) is 20.5. The number of rotatable bonds is 4. The molecule has 0 aliphatic carbocycles. The smallest absolute Gasteiger partial charge is 0.298 e. The van der Waals surface area contributed by atoms with Gasteiger partial charge in [0.25, 0.3) is 5.91 Å². The lowest BCUT2D eigenvalue weighted by Crippen LogP contribution is -2.48. The molecule has 0 spiro atoms. The van der Waals surface area contributed by atoms with Crippen molar-refractivity contribution in [2.45, 2.75) is 13.8 Å². The van der Waals surface area contributed by atoms with Crippen molar-refractivity contribution in [1.82, 2.24) is 19.5 Å². The number of nitriles is 1. The molecule has 156 valence electrons. The first-order valence-electron chi connectivity index (χ1n) is 10.1. The minimum atomic E-state index is -0.127. The molecule has 1 fully saturated rings. The maximum atomic E-state index is 11.9. The first-order chi connectivity index (χ1) is 15.1. The number of ether oxygens (including phenoxy) is 1. The molecule has 1 saturated heterocycles. The average molecular weight is 414 g/mol. The molecule has 4 rings (SSSR count). The molecule has 1 amide bonds. The fraction of sp³-hybridized carbons (Fsp3) is 0.304. The zero-order chi connectivity index (χ0) is 21.8. The van der Waals surface area contributed by atoms with E-state index in [1.165, 1.54) is 0 Å². The Hall–Kier alpha value is -4.04. The van der Waals surface area contributed by atoms with Crippen molar-refractivity contribution < 1.29 is 9.53 Å². The number of carbonyl (C=O) groups is 1. The van der Waals surface area contributed by atoms with Crippen molar-refractivity contribution >= 4 is 17.2 Å². The fourth-order valence-corrected chi connectivity index (χ4v) is 3.70. The van der Waals surface area contributed by atoms with Crippen LogP contribution in [0.1, 0.15) is 19.4 Å². The zero-order valence-electron chi connectivity index (χ0n) is 17.5. The summed E-state index contributed by atoms with van der Waals surface area (Å²) >= 11 is 0. The van der Waals surface area contributed by atoms with Crippen LogP contribution < -0.4 is 9.64 Å². The third-order valence-electron chi connectivity index (χ3n) is 5.20. The molecule has 31 heavy (non-hydrogen) atoms. The highest BCUT2D eigenvalue weighted by atomic mass is 16.5. The summed E-state index contributed by atoms with van der Waals surface area (Å²) in [5.41, 5.74) is 2.94. The number of anilines is 1. The standard InChI is InChI=1S/C23H22N6O2/c1-3-5-22(30)28-10-8-27(9-11-28)21-7-6-17(14-25-21)20-12-19(31-4-2)16-29-23(20)18(13-24)15-26-29/h6-7,12,14-16H,4,8-11H2,1-2H3. The number of carbonyl (C=O) groups excluding carboxylic acids is 1. The van der Waals surface area contributed by atoms with Gasteiger partial charge in [-0.15, -0.1) is 0 Å². The summed E-state index contributed by atoms with van der Waals surface area (Å²) in [6.45, 7) is 6.77. The van der Waals surface area contributed by atoms with Crippen LogP contribution in [0.3, 0.4) is 0 Å². The van der Waals surface area contributed by atoms with E-state index in [0.29, 0.717) is 44.1 Å². The second-order valence-electron chi connectivity index (χ2n) is 7.05. The molecule has 8 nitrogen and oxygen atoms in total. The second-order valence-corrected chi connectivity index (χ2v) is 7.05. The largest absolute Gasteiger partial charge is 0.492 e. The number of pyridine rings is 2. The number of aromatic nitrogens is 3. The van der Waals surface area contributed by atoms with Gasteiger partial charge in [0.05, 0.1) is 30.1 Å². The molecule has 0 aromatic carbocycles. The van der Waals surface area contributed by atoms with Gasteiger partial charge in [-0.05, 0) is 38.0 Å². The Balaban J connectivity index is 1.59. The van der Waals surface area contributed by atoms with Crippen molar-refractivity contribution in [1.29, 1.82) is 5.26 Å². The van der Waals surface area contributed by atoms with Gasteiger partial charge in [-0.1, -0.05) is 5.92 Å². The minimum Gasteiger partial charge on any atom is -0.492 e. The molecule has 0 saturated carbocycles. The topological polar surface area (TPSA) is 86.8 Å². The van der Waals surface area contributed by atoms with E-state index < -0.39 is 0 Å². The molecule has 1 aliphatic rings. The first-order valence-corrected chi connectivity index (χ1v) is 10.1. The Kier molecular flexibility index (Phi) is 5.72. The van der Waals surface area contributed by atoms with Gasteiger partial charge in [0.1, 0.15) is 17.6 Å². The van der Waals surface area contributed by atoms with Crippen LogP contribution >= 0.6 is 0 Å². The lowest BCUT2D eigenvalue weighted by molar-refractivity contribution is -0.125. The van der Waals surface area contributed by atoms with E-state index in [-0.39, 0.29) is 5.91 Å². The van der Waals surface area contributed by atoms with Crippen LogP contribution in [0.25, 0.3) is 16.6 Å². The van der Waals surface area contributed by atoms with Crippen molar-refractivity contribution in [3.8, 4) is 34.8 Å². The van der Waals surface area contributed by atoms with Gasteiger partial charge < -0.3 is 14.5 Å². The van der Waals surface area contributed by atoms with Gasteiger partial charge >= 0.3 is 0 Å². The van der Waals surface area contributed by atoms with E-state index in [1.54, 1.807) is 34.9 Å². The third-order valence-corrected chi connectivity index (χ3v) is 5.20. The van der Waals surface area contributed by atoms with Gasteiger partial charge in [-0.2, -0.15) is 10.4 Å². The SMILES string of the molecule is CC#CC(=O)N1CCN(c2ccc(-c3cc(OCC)cn4ncc(C#N)c34)cn2)CC1. The van der Waals surface area contributed by atoms with Crippen LogP contribution in [-0.4, -0.2) is 58.2 Å². The van der Waals surface area contributed by atoms with E-state index in [4.69, 9.17) is 4.74 Å². The predicted octanol–water partition coefficient (Wildman–Crippen LogP) is 2.34. The highest BCUT2D eigenvalue weighted by Crippen LogP contribution is 2.31. The highest BCUT2D eigenvalue weighted by molar-refractivity contribution is 5.93. The zero-order valence-corrected chi connectivity index (χ0v) is 17.5. The van der Waals surface area contributed by atoms with Crippen LogP contribution in [0, 0.1) is 23.2 Å². The Morgan fingerprint density at radius 2 is 2.03 bits per heavy atom. The van der Waals surface area contributed by atoms with Gasteiger partial charge in [-0.25, -0.2) is 9.50 Å². The molecule has 0 unspecified atom stereocenters. The molecule has 3 aromatic heterocycles. The summed E-state index contributed by atoms with van der Waals surface area (Å²) < 4.78 is 7.34. The van der Waals surface area contributed by atoms with E-state index in [0.717, 1.165) is 22.5 Å². The Morgan fingerprint density at radius 3 is 2.68 bits per heavy atom. The Bertz CT molecular complexity index is 1210. The maximum absolute atomic E-state index is 11.9. The molecule has 0 N–H and O–H groups in total. The van der Waals surface area contributed by atoms with Crippen LogP contribution in [0.5, 0.6) is 5.75 Å². The number of hydrogen-bond acceptors (Lipinski definition) is 6. The van der Waals surface area contributed by atoms with Crippen LogP contribution in [-0.2, 0) is 4.79 Å². The van der Waals surface area contributed by atoms with Crippen LogP contribution in [0.15, 0.2) is 36.8 Å². The predicted molar refractivity (Wildman–Crippen MR) is 117 cm³/mol. The van der Waals surface area contributed by atoms with Crippen molar-refractivity contribution in [3.05, 3.63) is 42.4 Å². The average Bonchev–Trinajstić information content (AvgIpc) is 3.22. The summed E-state index contributed by atoms with van der Waals surface area (Å²) in [7, 11) is 0. The lowest BCUT2D eigenvalue weighted by Gasteiger charge is -2.34. The van der Waals surface area contributed by atoms with E-state index in [1.807, 2.05) is 25.1 Å². The molecule has 4 heterocycles. The summed E-state index contributed by atoms with van der Waals surface area (Å²) in [5.74, 6) is 6.65. The van der Waals surface area contributed by atoms with Crippen molar-refractivity contribution in [3.63, 3.8) is 0 Å². The minimum absolute atomic E-state index is 0.127. The molecule has 8 heteroatoms. The fourth-order valence-electron chi connectivity index (χ4n) is 3.70. The van der Waals surface area contributed by atoms with E-state index in [2.05, 4.69) is 32.9 Å². The first kappa shape index (κ1) is 20.2. The summed E-state index contributed by atoms with van der Waals surface area (Å²) in [6.07, 6.45) is 5.13. The van der Waals surface area contributed by atoms with E-state index in [9.17, 15) is 10.1 Å². The molecule has 0 atom stereocenters. The number of piperazine rings is 1. The van der Waals surface area contributed by atoms with Gasteiger partial charge in [0, 0.05) is 43.5 Å². The summed E-state index contributed by atoms with van der Waals surface area (Å²) in [6, 6.07) is 8.07. The molecule has 0 bridgehead atoms. The maximum Gasteiger partial charge on any atom is 0.298 e. The van der Waals surface area contributed by atoms with Crippen LogP contribution in [0.4, 0.5) is 5.82 Å². The molecule has 1 aliphatic heterocycles. The second kappa shape index (κ2) is 8.76. The lowest BCUT2D eigenvalue weighted by atomic mass is 10.1. The summed E-state index contributed by atoms with van der Waals surface area (Å²) in [5, 5.41) is 13.8. The molecule has 3 aromatic rings. The normalized spacial score (nSPS) is 13.5. The Morgan fingerprint density at radius 1 is 1.23 bits per heavy atom. The van der Waals surface area contributed by atoms with Crippen LogP contribution in [0.2, 0.25) is 0 Å². The van der Waals surface area contributed by atoms with Gasteiger partial charge in [-0.3, -0.25) is 4.79 Å². The van der Waals surface area contributed by atoms with Gasteiger partial charge in [0.2, 0.25) is 0 Å². The van der Waals surface area contributed by atoms with Gasteiger partial charge in [0.15, 0.2) is 0 Å². The van der Waals surface area contributed by atoms with Crippen molar-refractivity contribution in [2.75, 3.05) is 37.7 Å². The van der Waals surface area contributed by atoms with Crippen molar-refractivity contribution in [2.24, 2.45) is 0 Å². The number of hydrogen-bond donors (Lipinski definition) is 0. The third kappa shape index (κ3) is 4.01. The Labute approximate surface area is 180 Å².